The third-order valence-electron chi connectivity index (χ3n) is 4.08. The Kier molecular flexibility index (Phi) is 11.2. The van der Waals surface area contributed by atoms with E-state index in [1.54, 1.807) is 18.7 Å². The largest absolute Gasteiger partial charge is 0.464 e. The monoisotopic (exact) mass is 411 g/mol. The third-order valence-corrected chi connectivity index (χ3v) is 5.70. The van der Waals surface area contributed by atoms with E-state index in [9.17, 15) is 14.4 Å². The van der Waals surface area contributed by atoms with Crippen LogP contribution in [0, 0.1) is 12.8 Å². The van der Waals surface area contributed by atoms with Crippen LogP contribution in [0.1, 0.15) is 31.4 Å². The number of thioether (sulfide) groups is 2. The minimum atomic E-state index is -0.661. The molecule has 1 N–H and O–H groups in total. The Morgan fingerprint density at radius 2 is 1.93 bits per heavy atom. The van der Waals surface area contributed by atoms with Gasteiger partial charge in [0.15, 0.2) is 5.12 Å². The van der Waals surface area contributed by atoms with E-state index in [2.05, 4.69) is 5.32 Å². The molecule has 7 heteroatoms. The maximum atomic E-state index is 12.9. The molecular formula is C20H29NO4S2. The highest BCUT2D eigenvalue weighted by atomic mass is 32.2. The molecule has 0 saturated carbocycles. The molecule has 1 aromatic rings. The molecule has 1 unspecified atom stereocenters. The van der Waals surface area contributed by atoms with E-state index in [1.165, 1.54) is 6.92 Å². The van der Waals surface area contributed by atoms with E-state index in [4.69, 9.17) is 4.74 Å². The van der Waals surface area contributed by atoms with Crippen LogP contribution in [0.25, 0.3) is 0 Å². The number of hydrogen-bond donors (Lipinski definition) is 1. The SMILES string of the molecule is CCOC(=O)C(CCSC)NC(=O)[C@@H](CSC(C)=O)Cc1ccccc1C. The van der Waals surface area contributed by atoms with E-state index in [0.717, 1.165) is 28.6 Å². The van der Waals surface area contributed by atoms with Crippen molar-refractivity contribution < 1.29 is 19.1 Å². The first kappa shape index (κ1) is 23.6. The van der Waals surface area contributed by atoms with Crippen molar-refractivity contribution in [1.82, 2.24) is 5.32 Å². The zero-order valence-corrected chi connectivity index (χ0v) is 18.1. The zero-order chi connectivity index (χ0) is 20.2. The number of ether oxygens (including phenoxy) is 1. The van der Waals surface area contributed by atoms with Crippen LogP contribution in [0.2, 0.25) is 0 Å². The lowest BCUT2D eigenvalue weighted by atomic mass is 9.96. The molecule has 0 aliphatic rings. The van der Waals surface area contributed by atoms with Crippen LogP contribution in [-0.4, -0.2) is 47.4 Å². The molecule has 1 rings (SSSR count). The lowest BCUT2D eigenvalue weighted by Gasteiger charge is -2.22. The molecule has 0 radical (unpaired) electrons. The summed E-state index contributed by atoms with van der Waals surface area (Å²) in [6.45, 7) is 5.52. The fourth-order valence-corrected chi connectivity index (χ4v) is 3.74. The molecule has 0 heterocycles. The Bertz CT molecular complexity index is 636. The lowest BCUT2D eigenvalue weighted by molar-refractivity contribution is -0.147. The first-order valence-corrected chi connectivity index (χ1v) is 11.4. The third kappa shape index (κ3) is 8.84. The van der Waals surface area contributed by atoms with Crippen molar-refractivity contribution >= 4 is 40.5 Å². The number of esters is 1. The molecule has 0 bridgehead atoms. The van der Waals surface area contributed by atoms with Crippen LogP contribution in [0.5, 0.6) is 0 Å². The van der Waals surface area contributed by atoms with Gasteiger partial charge in [0.25, 0.3) is 0 Å². The maximum Gasteiger partial charge on any atom is 0.328 e. The molecule has 150 valence electrons. The van der Waals surface area contributed by atoms with Crippen molar-refractivity contribution in [1.29, 1.82) is 0 Å². The van der Waals surface area contributed by atoms with Gasteiger partial charge in [0, 0.05) is 12.7 Å². The number of rotatable bonds is 11. The number of carbonyl (C=O) groups excluding carboxylic acids is 3. The van der Waals surface area contributed by atoms with Crippen LogP contribution < -0.4 is 5.32 Å². The molecule has 0 spiro atoms. The van der Waals surface area contributed by atoms with E-state index < -0.39 is 17.9 Å². The van der Waals surface area contributed by atoms with Gasteiger partial charge in [-0.05, 0) is 49.8 Å². The van der Waals surface area contributed by atoms with Crippen molar-refractivity contribution in [3.05, 3.63) is 35.4 Å². The van der Waals surface area contributed by atoms with Gasteiger partial charge in [0.1, 0.15) is 6.04 Å². The van der Waals surface area contributed by atoms with E-state index in [-0.39, 0.29) is 17.6 Å². The number of nitrogens with one attached hydrogen (secondary N) is 1. The number of amides is 1. The highest BCUT2D eigenvalue weighted by Crippen LogP contribution is 2.19. The van der Waals surface area contributed by atoms with E-state index in [0.29, 0.717) is 18.6 Å². The van der Waals surface area contributed by atoms with E-state index in [1.807, 2.05) is 37.4 Å². The highest BCUT2D eigenvalue weighted by molar-refractivity contribution is 8.13. The Balaban J connectivity index is 2.90. The predicted molar refractivity (Wildman–Crippen MR) is 113 cm³/mol. The fraction of sp³-hybridized carbons (Fsp3) is 0.550. The number of aryl methyl sites for hydroxylation is 1. The van der Waals surface area contributed by atoms with Gasteiger partial charge in [0.2, 0.25) is 5.91 Å². The summed E-state index contributed by atoms with van der Waals surface area (Å²) in [7, 11) is 0. The molecule has 1 amide bonds. The van der Waals surface area contributed by atoms with Gasteiger partial charge in [-0.2, -0.15) is 11.8 Å². The molecule has 2 atom stereocenters. The van der Waals surface area contributed by atoms with Crippen molar-refractivity contribution in [3.8, 4) is 0 Å². The summed E-state index contributed by atoms with van der Waals surface area (Å²) in [6.07, 6.45) is 2.99. The first-order chi connectivity index (χ1) is 12.9. The van der Waals surface area contributed by atoms with Crippen LogP contribution in [0.4, 0.5) is 0 Å². The second-order valence-corrected chi connectivity index (χ2v) is 8.41. The number of hydrogen-bond acceptors (Lipinski definition) is 6. The Morgan fingerprint density at radius 1 is 1.22 bits per heavy atom. The van der Waals surface area contributed by atoms with Gasteiger partial charge < -0.3 is 10.1 Å². The molecule has 0 aliphatic carbocycles. The molecule has 1 aromatic carbocycles. The summed E-state index contributed by atoms with van der Waals surface area (Å²) in [5, 5.41) is 2.82. The molecule has 0 saturated heterocycles. The summed E-state index contributed by atoms with van der Waals surface area (Å²) in [4.78, 5) is 36.5. The van der Waals surface area contributed by atoms with Crippen molar-refractivity contribution in [2.45, 2.75) is 39.7 Å². The van der Waals surface area contributed by atoms with Gasteiger partial charge in [-0.3, -0.25) is 9.59 Å². The minimum absolute atomic E-state index is 0.0260. The summed E-state index contributed by atoms with van der Waals surface area (Å²) >= 11 is 2.75. The smallest absolute Gasteiger partial charge is 0.328 e. The van der Waals surface area contributed by atoms with Gasteiger partial charge in [-0.25, -0.2) is 4.79 Å². The van der Waals surface area contributed by atoms with Gasteiger partial charge >= 0.3 is 5.97 Å². The maximum absolute atomic E-state index is 12.9. The van der Waals surface area contributed by atoms with Crippen molar-refractivity contribution in [2.24, 2.45) is 5.92 Å². The average Bonchev–Trinajstić information content (AvgIpc) is 2.63. The quantitative estimate of drug-likeness (QED) is 0.564. The van der Waals surface area contributed by atoms with Crippen molar-refractivity contribution in [3.63, 3.8) is 0 Å². The Morgan fingerprint density at radius 3 is 2.52 bits per heavy atom. The molecule has 27 heavy (non-hydrogen) atoms. The standard InChI is InChI=1S/C20H29NO4S2/c1-5-25-20(24)18(10-11-26-4)21-19(23)17(13-27-15(3)22)12-16-9-7-6-8-14(16)2/h6-9,17-18H,5,10-13H2,1-4H3,(H,21,23)/t17-,18?/m1/s1. The van der Waals surface area contributed by atoms with Gasteiger partial charge in [-0.15, -0.1) is 0 Å². The Hall–Kier alpha value is -1.47. The molecule has 0 aromatic heterocycles. The van der Waals surface area contributed by atoms with Gasteiger partial charge in [-0.1, -0.05) is 36.0 Å². The lowest BCUT2D eigenvalue weighted by Crippen LogP contribution is -2.46. The summed E-state index contributed by atoms with van der Waals surface area (Å²) in [5.41, 5.74) is 2.17. The Labute approximate surface area is 170 Å². The van der Waals surface area contributed by atoms with Gasteiger partial charge in [0.05, 0.1) is 12.5 Å². The number of carbonyl (C=O) groups is 3. The summed E-state index contributed by atoms with van der Waals surface area (Å²) < 4.78 is 5.10. The topological polar surface area (TPSA) is 72.5 Å². The minimum Gasteiger partial charge on any atom is -0.464 e. The second kappa shape index (κ2) is 12.8. The molecule has 0 fully saturated rings. The zero-order valence-electron chi connectivity index (χ0n) is 16.4. The van der Waals surface area contributed by atoms with Crippen molar-refractivity contribution in [2.75, 3.05) is 24.4 Å². The van der Waals surface area contributed by atoms with Crippen LogP contribution >= 0.6 is 23.5 Å². The average molecular weight is 412 g/mol. The van der Waals surface area contributed by atoms with Crippen LogP contribution in [0.15, 0.2) is 24.3 Å². The van der Waals surface area contributed by atoms with Crippen LogP contribution in [0.3, 0.4) is 0 Å². The molecule has 5 nitrogen and oxygen atoms in total. The molecular weight excluding hydrogens is 382 g/mol. The normalized spacial score (nSPS) is 12.9. The van der Waals surface area contributed by atoms with E-state index >= 15 is 0 Å². The molecule has 0 aliphatic heterocycles. The van der Waals surface area contributed by atoms with Crippen LogP contribution in [-0.2, 0) is 25.5 Å². The summed E-state index contributed by atoms with van der Waals surface area (Å²) in [6, 6.07) is 7.23. The fourth-order valence-electron chi connectivity index (χ4n) is 2.57. The highest BCUT2D eigenvalue weighted by Gasteiger charge is 2.27. The second-order valence-electron chi connectivity index (χ2n) is 6.22. The first-order valence-electron chi connectivity index (χ1n) is 9.02. The number of benzene rings is 1. The predicted octanol–water partition coefficient (Wildman–Crippen LogP) is 3.23. The summed E-state index contributed by atoms with van der Waals surface area (Å²) in [5.74, 6) is 0.105.